The minimum Gasteiger partial charge on any atom is -0.476 e. The Morgan fingerprint density at radius 2 is 2.47 bits per heavy atom. The van der Waals surface area contributed by atoms with E-state index in [1.54, 1.807) is 6.20 Å². The summed E-state index contributed by atoms with van der Waals surface area (Å²) in [5.41, 5.74) is 0.523. The van der Waals surface area contributed by atoms with Crippen LogP contribution in [-0.2, 0) is 11.3 Å². The summed E-state index contributed by atoms with van der Waals surface area (Å²) in [6, 6.07) is 0. The highest BCUT2D eigenvalue weighted by molar-refractivity contribution is 5.07. The van der Waals surface area contributed by atoms with E-state index in [9.17, 15) is 0 Å². The summed E-state index contributed by atoms with van der Waals surface area (Å²) in [5.74, 6) is 0.915. The molecule has 1 fully saturated rings. The van der Waals surface area contributed by atoms with Gasteiger partial charge in [-0.2, -0.15) is 0 Å². The fraction of sp³-hybridized carbons (Fsp3) is 0.600. The van der Waals surface area contributed by atoms with Crippen LogP contribution in [0.1, 0.15) is 12.1 Å². The molecule has 1 aromatic rings. The predicted molar refractivity (Wildman–Crippen MR) is 52.4 cm³/mol. The second kappa shape index (κ2) is 5.04. The smallest absolute Gasteiger partial charge is 0.232 e. The van der Waals surface area contributed by atoms with Gasteiger partial charge >= 0.3 is 0 Å². The van der Waals surface area contributed by atoms with Crippen LogP contribution in [-0.4, -0.2) is 34.9 Å². The molecule has 0 aromatic carbocycles. The molecule has 1 saturated heterocycles. The van der Waals surface area contributed by atoms with Gasteiger partial charge in [0.15, 0.2) is 0 Å². The lowest BCUT2D eigenvalue weighted by molar-refractivity contribution is 0.165. The molecule has 15 heavy (non-hydrogen) atoms. The van der Waals surface area contributed by atoms with E-state index in [0.717, 1.165) is 19.6 Å². The minimum atomic E-state index is -0.114. The van der Waals surface area contributed by atoms with Crippen LogP contribution in [0.4, 0.5) is 0 Å². The van der Waals surface area contributed by atoms with Crippen molar-refractivity contribution in [3.63, 3.8) is 0 Å². The first kappa shape index (κ1) is 10.3. The summed E-state index contributed by atoms with van der Waals surface area (Å²) in [7, 11) is 0. The molecule has 1 aliphatic rings. The average molecular weight is 210 g/mol. The normalized spacial score (nSPS) is 20.5. The quantitative estimate of drug-likeness (QED) is 0.778. The van der Waals surface area contributed by atoms with Crippen molar-refractivity contribution in [3.8, 4) is 5.88 Å². The van der Waals surface area contributed by atoms with Crippen molar-refractivity contribution in [1.82, 2.24) is 9.97 Å². The maximum atomic E-state index is 8.86. The Labute approximate surface area is 88.1 Å². The van der Waals surface area contributed by atoms with E-state index in [-0.39, 0.29) is 6.61 Å². The molecule has 0 amide bonds. The zero-order valence-corrected chi connectivity index (χ0v) is 8.43. The van der Waals surface area contributed by atoms with Crippen LogP contribution in [0, 0.1) is 5.92 Å². The molecule has 0 bridgehead atoms. The molecule has 1 aromatic heterocycles. The van der Waals surface area contributed by atoms with Gasteiger partial charge in [-0.3, -0.25) is 4.98 Å². The highest BCUT2D eigenvalue weighted by Gasteiger charge is 2.16. The van der Waals surface area contributed by atoms with Crippen LogP contribution >= 0.6 is 0 Å². The number of aliphatic hydroxyl groups excluding tert-OH is 1. The first-order valence-electron chi connectivity index (χ1n) is 5.01. The third-order valence-electron chi connectivity index (χ3n) is 2.32. The molecule has 0 aliphatic carbocycles. The van der Waals surface area contributed by atoms with Gasteiger partial charge in [-0.25, -0.2) is 4.98 Å². The van der Waals surface area contributed by atoms with Gasteiger partial charge in [-0.1, -0.05) is 0 Å². The average Bonchev–Trinajstić information content (AvgIpc) is 2.79. The molecule has 5 heteroatoms. The van der Waals surface area contributed by atoms with Gasteiger partial charge in [0.05, 0.1) is 37.9 Å². The van der Waals surface area contributed by atoms with E-state index in [2.05, 4.69) is 9.97 Å². The van der Waals surface area contributed by atoms with E-state index < -0.39 is 0 Å². The Morgan fingerprint density at radius 3 is 3.20 bits per heavy atom. The van der Waals surface area contributed by atoms with Crippen molar-refractivity contribution < 1.29 is 14.6 Å². The van der Waals surface area contributed by atoms with E-state index in [1.807, 2.05) is 0 Å². The number of hydrogen-bond acceptors (Lipinski definition) is 5. The van der Waals surface area contributed by atoms with Crippen molar-refractivity contribution >= 4 is 0 Å². The molecular formula is C10H14N2O3. The number of nitrogens with zero attached hydrogens (tertiary/aromatic N) is 2. The molecule has 0 saturated carbocycles. The van der Waals surface area contributed by atoms with Gasteiger partial charge in [0, 0.05) is 12.5 Å². The monoisotopic (exact) mass is 210 g/mol. The largest absolute Gasteiger partial charge is 0.476 e. The van der Waals surface area contributed by atoms with Crippen molar-refractivity contribution in [1.29, 1.82) is 0 Å². The molecule has 1 unspecified atom stereocenters. The maximum absolute atomic E-state index is 8.86. The molecule has 0 radical (unpaired) electrons. The van der Waals surface area contributed by atoms with Crippen LogP contribution in [0.3, 0.4) is 0 Å². The predicted octanol–water partition coefficient (Wildman–Crippen LogP) is 0.384. The Bertz CT molecular complexity index is 313. The Morgan fingerprint density at radius 1 is 1.53 bits per heavy atom. The number of aliphatic hydroxyl groups is 1. The maximum Gasteiger partial charge on any atom is 0.232 e. The van der Waals surface area contributed by atoms with Crippen LogP contribution in [0.15, 0.2) is 12.4 Å². The van der Waals surface area contributed by atoms with Gasteiger partial charge in [-0.05, 0) is 6.42 Å². The first-order chi connectivity index (χ1) is 7.38. The second-order valence-electron chi connectivity index (χ2n) is 3.55. The molecule has 1 aliphatic heterocycles. The Kier molecular flexibility index (Phi) is 3.47. The molecular weight excluding hydrogens is 196 g/mol. The second-order valence-corrected chi connectivity index (χ2v) is 3.55. The molecule has 0 spiro atoms. The number of aromatic nitrogens is 2. The van der Waals surface area contributed by atoms with Crippen LogP contribution in [0.5, 0.6) is 5.88 Å². The van der Waals surface area contributed by atoms with E-state index in [4.69, 9.17) is 14.6 Å². The van der Waals surface area contributed by atoms with Crippen molar-refractivity contribution in [2.75, 3.05) is 19.8 Å². The van der Waals surface area contributed by atoms with Crippen LogP contribution < -0.4 is 4.74 Å². The lowest BCUT2D eigenvalue weighted by atomic mass is 10.1. The minimum absolute atomic E-state index is 0.114. The lowest BCUT2D eigenvalue weighted by Gasteiger charge is -2.09. The van der Waals surface area contributed by atoms with Gasteiger partial charge in [0.25, 0.3) is 0 Å². The summed E-state index contributed by atoms with van der Waals surface area (Å²) >= 11 is 0. The summed E-state index contributed by atoms with van der Waals surface area (Å²) in [4.78, 5) is 8.00. The zero-order valence-electron chi connectivity index (χ0n) is 8.43. The van der Waals surface area contributed by atoms with E-state index in [0.29, 0.717) is 24.1 Å². The van der Waals surface area contributed by atoms with Crippen molar-refractivity contribution in [3.05, 3.63) is 18.1 Å². The number of hydrogen-bond donors (Lipinski definition) is 1. The molecule has 1 atom stereocenters. The molecule has 82 valence electrons. The molecule has 2 rings (SSSR count). The number of rotatable bonds is 4. The van der Waals surface area contributed by atoms with Crippen LogP contribution in [0.2, 0.25) is 0 Å². The first-order valence-corrected chi connectivity index (χ1v) is 5.01. The highest BCUT2D eigenvalue weighted by atomic mass is 16.5. The topological polar surface area (TPSA) is 64.5 Å². The fourth-order valence-electron chi connectivity index (χ4n) is 1.45. The molecule has 5 nitrogen and oxygen atoms in total. The van der Waals surface area contributed by atoms with E-state index in [1.165, 1.54) is 6.20 Å². The van der Waals surface area contributed by atoms with Gasteiger partial charge in [0.1, 0.15) is 0 Å². The third kappa shape index (κ3) is 2.87. The third-order valence-corrected chi connectivity index (χ3v) is 2.32. The number of ether oxygens (including phenoxy) is 2. The highest BCUT2D eigenvalue weighted by Crippen LogP contribution is 2.14. The Hall–Kier alpha value is -1.20. The summed E-state index contributed by atoms with van der Waals surface area (Å²) < 4.78 is 10.7. The summed E-state index contributed by atoms with van der Waals surface area (Å²) in [6.45, 7) is 2.06. The van der Waals surface area contributed by atoms with Gasteiger partial charge in [0.2, 0.25) is 5.88 Å². The standard InChI is InChI=1S/C10H14N2O3/c13-5-9-3-11-4-10(12-9)15-7-8-1-2-14-6-8/h3-4,8,13H,1-2,5-7H2. The van der Waals surface area contributed by atoms with Crippen molar-refractivity contribution in [2.45, 2.75) is 13.0 Å². The zero-order chi connectivity index (χ0) is 10.5. The molecule has 1 N–H and O–H groups in total. The van der Waals surface area contributed by atoms with Gasteiger partial charge in [-0.15, -0.1) is 0 Å². The molecule has 2 heterocycles. The lowest BCUT2D eigenvalue weighted by Crippen LogP contribution is -2.12. The summed E-state index contributed by atoms with van der Waals surface area (Å²) in [5, 5.41) is 8.86. The van der Waals surface area contributed by atoms with Crippen LogP contribution in [0.25, 0.3) is 0 Å². The fourth-order valence-corrected chi connectivity index (χ4v) is 1.45. The van der Waals surface area contributed by atoms with E-state index >= 15 is 0 Å². The summed E-state index contributed by atoms with van der Waals surface area (Å²) in [6.07, 6.45) is 4.10. The van der Waals surface area contributed by atoms with Crippen molar-refractivity contribution in [2.24, 2.45) is 5.92 Å². The Balaban J connectivity index is 1.86. The van der Waals surface area contributed by atoms with Gasteiger partial charge < -0.3 is 14.6 Å². The SMILES string of the molecule is OCc1cncc(OCC2CCOC2)n1.